The number of rotatable bonds is 3. The van der Waals surface area contributed by atoms with Crippen molar-refractivity contribution in [1.29, 1.82) is 0 Å². The first-order valence-electron chi connectivity index (χ1n) is 6.98. The lowest BCUT2D eigenvalue weighted by Crippen LogP contribution is -2.27. The lowest BCUT2D eigenvalue weighted by atomic mass is 10.2. The second-order valence-corrected chi connectivity index (χ2v) is 7.87. The molecule has 0 aliphatic carbocycles. The van der Waals surface area contributed by atoms with E-state index in [1.54, 1.807) is 42.5 Å². The van der Waals surface area contributed by atoms with Crippen LogP contribution < -0.4 is 9.64 Å². The van der Waals surface area contributed by atoms with Crippen LogP contribution in [-0.2, 0) is 4.79 Å². The van der Waals surface area contributed by atoms with E-state index in [1.165, 1.54) is 23.8 Å². The topological polar surface area (TPSA) is 29.5 Å². The highest BCUT2D eigenvalue weighted by molar-refractivity contribution is 8.27. The van der Waals surface area contributed by atoms with Crippen LogP contribution in [0.15, 0.2) is 41.3 Å². The fraction of sp³-hybridized carbons (Fsp3) is 0.0588. The molecule has 2 aromatic rings. The van der Waals surface area contributed by atoms with Crippen LogP contribution in [0.5, 0.6) is 5.75 Å². The Hall–Kier alpha value is -1.24. The van der Waals surface area contributed by atoms with Crippen LogP contribution >= 0.6 is 58.8 Å². The number of thiocarbonyl (C=S) groups is 1. The van der Waals surface area contributed by atoms with Crippen molar-refractivity contribution in [3.8, 4) is 5.75 Å². The number of benzene rings is 2. The van der Waals surface area contributed by atoms with E-state index in [1.807, 2.05) is 0 Å². The van der Waals surface area contributed by atoms with Crippen LogP contribution in [0, 0.1) is 0 Å². The molecule has 1 aliphatic rings. The predicted octanol–water partition coefficient (Wildman–Crippen LogP) is 6.06. The second-order valence-electron chi connectivity index (χ2n) is 4.97. The summed E-state index contributed by atoms with van der Waals surface area (Å²) in [6, 6.07) is 10.2. The number of carbonyl (C=O) groups excluding carboxylic acids is 1. The molecule has 1 amide bonds. The Morgan fingerprint density at radius 3 is 2.40 bits per heavy atom. The number of hydrogen-bond donors (Lipinski definition) is 0. The van der Waals surface area contributed by atoms with E-state index in [-0.39, 0.29) is 5.91 Å². The standard InChI is InChI=1S/C17H10Cl3NO2S2/c1-23-14-6-5-9(7-13(14)20)21-16(22)15(25-17(21)24)8-10-11(18)3-2-4-12(10)19/h2-8H,1H3/b15-8+. The van der Waals surface area contributed by atoms with Crippen molar-refractivity contribution < 1.29 is 9.53 Å². The van der Waals surface area contributed by atoms with Gasteiger partial charge in [-0.2, -0.15) is 0 Å². The summed E-state index contributed by atoms with van der Waals surface area (Å²) >= 11 is 25.0. The van der Waals surface area contributed by atoms with Crippen molar-refractivity contribution in [2.75, 3.05) is 12.0 Å². The summed E-state index contributed by atoms with van der Waals surface area (Å²) in [5.41, 5.74) is 1.15. The number of methoxy groups -OCH3 is 1. The zero-order valence-corrected chi connectivity index (χ0v) is 16.7. The third kappa shape index (κ3) is 3.66. The van der Waals surface area contributed by atoms with E-state index in [0.717, 1.165) is 0 Å². The molecule has 0 N–H and O–H groups in total. The number of hydrogen-bond acceptors (Lipinski definition) is 4. The highest BCUT2D eigenvalue weighted by Gasteiger charge is 2.34. The first kappa shape index (κ1) is 18.5. The van der Waals surface area contributed by atoms with Crippen LogP contribution in [-0.4, -0.2) is 17.3 Å². The molecule has 0 aromatic heterocycles. The van der Waals surface area contributed by atoms with Crippen LogP contribution in [0.3, 0.4) is 0 Å². The maximum atomic E-state index is 12.8. The summed E-state index contributed by atoms with van der Waals surface area (Å²) in [6.45, 7) is 0. The highest BCUT2D eigenvalue weighted by atomic mass is 35.5. The lowest BCUT2D eigenvalue weighted by molar-refractivity contribution is -0.113. The molecule has 0 spiro atoms. The number of anilines is 1. The molecule has 0 unspecified atom stereocenters. The van der Waals surface area contributed by atoms with Crippen LogP contribution in [0.1, 0.15) is 5.56 Å². The molecule has 3 nitrogen and oxygen atoms in total. The minimum Gasteiger partial charge on any atom is -0.495 e. The van der Waals surface area contributed by atoms with Gasteiger partial charge < -0.3 is 4.74 Å². The molecule has 1 aliphatic heterocycles. The van der Waals surface area contributed by atoms with E-state index >= 15 is 0 Å². The largest absolute Gasteiger partial charge is 0.495 e. The van der Waals surface area contributed by atoms with Gasteiger partial charge in [0.25, 0.3) is 5.91 Å². The summed E-state index contributed by atoms with van der Waals surface area (Å²) in [5, 5.41) is 1.32. The van der Waals surface area contributed by atoms with Crippen molar-refractivity contribution in [2.45, 2.75) is 0 Å². The maximum absolute atomic E-state index is 12.8. The fourth-order valence-corrected chi connectivity index (χ4v) is 4.30. The van der Waals surface area contributed by atoms with Gasteiger partial charge in [0, 0.05) is 15.6 Å². The quantitative estimate of drug-likeness (QED) is 0.437. The van der Waals surface area contributed by atoms with Crippen molar-refractivity contribution in [3.05, 3.63) is 61.9 Å². The number of halogens is 3. The van der Waals surface area contributed by atoms with Gasteiger partial charge in [-0.05, 0) is 36.4 Å². The molecule has 0 saturated carbocycles. The average molecular weight is 431 g/mol. The van der Waals surface area contributed by atoms with E-state index in [4.69, 9.17) is 51.8 Å². The van der Waals surface area contributed by atoms with Crippen LogP contribution in [0.4, 0.5) is 5.69 Å². The molecule has 2 aromatic carbocycles. The van der Waals surface area contributed by atoms with Gasteiger partial charge in [0.2, 0.25) is 0 Å². The number of ether oxygens (including phenoxy) is 1. The van der Waals surface area contributed by atoms with Crippen molar-refractivity contribution in [1.82, 2.24) is 0 Å². The normalized spacial score (nSPS) is 16.0. The van der Waals surface area contributed by atoms with Gasteiger partial charge in [-0.3, -0.25) is 9.69 Å². The molecular formula is C17H10Cl3NO2S2. The van der Waals surface area contributed by atoms with Gasteiger partial charge in [-0.15, -0.1) is 0 Å². The Morgan fingerprint density at radius 1 is 1.12 bits per heavy atom. The molecule has 8 heteroatoms. The minimum atomic E-state index is -0.257. The predicted molar refractivity (Wildman–Crippen MR) is 110 cm³/mol. The molecule has 0 radical (unpaired) electrons. The van der Waals surface area contributed by atoms with E-state index < -0.39 is 0 Å². The van der Waals surface area contributed by atoms with E-state index in [0.29, 0.717) is 41.3 Å². The Balaban J connectivity index is 1.98. The molecule has 3 rings (SSSR count). The number of nitrogens with zero attached hydrogens (tertiary/aromatic N) is 1. The first-order chi connectivity index (χ1) is 11.9. The zero-order valence-electron chi connectivity index (χ0n) is 12.8. The SMILES string of the molecule is COc1ccc(N2C(=O)/C(=C\c3c(Cl)cccc3Cl)SC2=S)cc1Cl. The van der Waals surface area contributed by atoms with E-state index in [2.05, 4.69) is 0 Å². The second kappa shape index (κ2) is 7.56. The van der Waals surface area contributed by atoms with Gasteiger partial charge in [0.15, 0.2) is 4.32 Å². The molecule has 1 fully saturated rings. The molecule has 1 heterocycles. The average Bonchev–Trinajstić information content (AvgIpc) is 2.85. The number of carbonyl (C=O) groups is 1. The monoisotopic (exact) mass is 429 g/mol. The van der Waals surface area contributed by atoms with Gasteiger partial charge in [-0.1, -0.05) is 64.8 Å². The summed E-state index contributed by atoms with van der Waals surface area (Å²) in [4.78, 5) is 14.7. The summed E-state index contributed by atoms with van der Waals surface area (Å²) in [6.07, 6.45) is 1.65. The smallest absolute Gasteiger partial charge is 0.270 e. The third-order valence-corrected chi connectivity index (χ3v) is 5.72. The molecule has 25 heavy (non-hydrogen) atoms. The molecular weight excluding hydrogens is 421 g/mol. The summed E-state index contributed by atoms with van der Waals surface area (Å²) in [7, 11) is 1.52. The maximum Gasteiger partial charge on any atom is 0.270 e. The van der Waals surface area contributed by atoms with Gasteiger partial charge in [0.05, 0.1) is 22.7 Å². The first-order valence-corrected chi connectivity index (χ1v) is 9.33. The molecule has 0 atom stereocenters. The van der Waals surface area contributed by atoms with Crippen molar-refractivity contribution >= 4 is 80.8 Å². The Morgan fingerprint density at radius 2 is 1.80 bits per heavy atom. The van der Waals surface area contributed by atoms with Crippen molar-refractivity contribution in [3.63, 3.8) is 0 Å². The minimum absolute atomic E-state index is 0.257. The summed E-state index contributed by atoms with van der Waals surface area (Å²) < 4.78 is 5.53. The van der Waals surface area contributed by atoms with Gasteiger partial charge in [0.1, 0.15) is 5.75 Å². The zero-order chi connectivity index (χ0) is 18.1. The van der Waals surface area contributed by atoms with Gasteiger partial charge in [-0.25, -0.2) is 0 Å². The van der Waals surface area contributed by atoms with Crippen LogP contribution in [0.2, 0.25) is 15.1 Å². The lowest BCUT2D eigenvalue weighted by Gasteiger charge is -2.15. The molecule has 1 saturated heterocycles. The van der Waals surface area contributed by atoms with E-state index in [9.17, 15) is 4.79 Å². The Labute approximate surface area is 169 Å². The highest BCUT2D eigenvalue weighted by Crippen LogP contribution is 2.39. The Bertz CT molecular complexity index is 895. The van der Waals surface area contributed by atoms with Gasteiger partial charge >= 0.3 is 0 Å². The fourth-order valence-electron chi connectivity index (χ4n) is 2.26. The molecule has 0 bridgehead atoms. The number of amides is 1. The Kier molecular flexibility index (Phi) is 5.61. The summed E-state index contributed by atoms with van der Waals surface area (Å²) in [5.74, 6) is 0.265. The third-order valence-electron chi connectivity index (χ3n) is 3.46. The van der Waals surface area contributed by atoms with Crippen molar-refractivity contribution in [2.24, 2.45) is 0 Å². The van der Waals surface area contributed by atoms with Crippen LogP contribution in [0.25, 0.3) is 6.08 Å². The number of thioether (sulfide) groups is 1. The molecule has 128 valence electrons.